The summed E-state index contributed by atoms with van der Waals surface area (Å²) in [5.74, 6) is -1.87. The minimum absolute atomic E-state index is 0.0842. The number of rotatable bonds is 3. The Kier molecular flexibility index (Phi) is 3.38. The second-order valence-electron chi connectivity index (χ2n) is 4.41. The van der Waals surface area contributed by atoms with E-state index in [1.807, 2.05) is 24.6 Å². The van der Waals surface area contributed by atoms with Crippen molar-refractivity contribution in [3.05, 3.63) is 35.3 Å². The zero-order valence-corrected chi connectivity index (χ0v) is 11.0. The van der Waals surface area contributed by atoms with Crippen molar-refractivity contribution in [1.82, 2.24) is 4.57 Å². The third-order valence-corrected chi connectivity index (χ3v) is 3.20. The van der Waals surface area contributed by atoms with Crippen LogP contribution in [-0.2, 0) is 16.6 Å². The monoisotopic (exact) mass is 263 g/mol. The first-order chi connectivity index (χ1) is 8.93. The molecule has 1 heterocycles. The lowest BCUT2D eigenvalue weighted by molar-refractivity contribution is -0.139. The van der Waals surface area contributed by atoms with Crippen LogP contribution in [-0.4, -0.2) is 23.4 Å². The van der Waals surface area contributed by atoms with E-state index >= 15 is 0 Å². The van der Waals surface area contributed by atoms with E-state index in [0.29, 0.717) is 0 Å². The van der Waals surface area contributed by atoms with Gasteiger partial charge in [-0.3, -0.25) is 9.59 Å². The van der Waals surface area contributed by atoms with E-state index in [0.717, 1.165) is 16.6 Å². The molecule has 0 aliphatic carbocycles. The third kappa shape index (κ3) is 2.36. The predicted molar refractivity (Wildman–Crippen MR) is 68.6 cm³/mol. The van der Waals surface area contributed by atoms with Gasteiger partial charge in [-0.25, -0.2) is 4.39 Å². The molecule has 0 amide bonds. The fraction of sp³-hybridized carbons (Fsp3) is 0.286. The Labute approximate surface area is 109 Å². The average molecular weight is 263 g/mol. The SMILES string of the molecule is COC(=O)CC(=O)c1cc2c(cc1F)cc(C)n2C. The number of nitrogens with zero attached hydrogens (tertiary/aromatic N) is 1. The highest BCUT2D eigenvalue weighted by Gasteiger charge is 2.18. The zero-order valence-electron chi connectivity index (χ0n) is 11.0. The Morgan fingerprint density at radius 1 is 1.32 bits per heavy atom. The van der Waals surface area contributed by atoms with Gasteiger partial charge in [0.05, 0.1) is 12.7 Å². The van der Waals surface area contributed by atoms with E-state index in [1.165, 1.54) is 19.2 Å². The minimum Gasteiger partial charge on any atom is -0.469 e. The molecular weight excluding hydrogens is 249 g/mol. The van der Waals surface area contributed by atoms with E-state index in [9.17, 15) is 14.0 Å². The summed E-state index contributed by atoms with van der Waals surface area (Å²) in [6, 6.07) is 4.63. The van der Waals surface area contributed by atoms with Crippen LogP contribution in [0.15, 0.2) is 18.2 Å². The van der Waals surface area contributed by atoms with Crippen LogP contribution in [0.4, 0.5) is 4.39 Å². The molecule has 0 bridgehead atoms. The van der Waals surface area contributed by atoms with E-state index < -0.39 is 24.0 Å². The summed E-state index contributed by atoms with van der Waals surface area (Å²) in [6.07, 6.45) is -0.456. The van der Waals surface area contributed by atoms with Gasteiger partial charge in [0.25, 0.3) is 0 Å². The molecule has 2 rings (SSSR count). The summed E-state index contributed by atoms with van der Waals surface area (Å²) < 4.78 is 20.2. The predicted octanol–water partition coefficient (Wildman–Crippen LogP) is 2.37. The highest BCUT2D eigenvalue weighted by molar-refractivity contribution is 6.07. The quantitative estimate of drug-likeness (QED) is 0.485. The second kappa shape index (κ2) is 4.84. The van der Waals surface area contributed by atoms with E-state index in [2.05, 4.69) is 4.74 Å². The minimum atomic E-state index is -0.674. The number of ether oxygens (including phenoxy) is 1. The van der Waals surface area contributed by atoms with Crippen molar-refractivity contribution in [1.29, 1.82) is 0 Å². The lowest BCUT2D eigenvalue weighted by atomic mass is 10.1. The standard InChI is InChI=1S/C14H14FNO3/c1-8-4-9-5-11(15)10(6-12(9)16(8)2)13(17)7-14(18)19-3/h4-6H,7H2,1-3H3. The van der Waals surface area contributed by atoms with Gasteiger partial charge in [0.15, 0.2) is 5.78 Å². The number of ketones is 1. The highest BCUT2D eigenvalue weighted by atomic mass is 19.1. The fourth-order valence-electron chi connectivity index (χ4n) is 2.01. The van der Waals surface area contributed by atoms with Crippen LogP contribution in [0.3, 0.4) is 0 Å². The molecule has 0 spiro atoms. The maximum absolute atomic E-state index is 13.9. The number of aryl methyl sites for hydroxylation is 2. The molecule has 0 radical (unpaired) electrons. The molecule has 0 saturated heterocycles. The highest BCUT2D eigenvalue weighted by Crippen LogP contribution is 2.23. The molecule has 2 aromatic rings. The fourth-order valence-corrected chi connectivity index (χ4v) is 2.01. The molecule has 100 valence electrons. The van der Waals surface area contributed by atoms with Gasteiger partial charge in [-0.15, -0.1) is 0 Å². The van der Waals surface area contributed by atoms with E-state index in [-0.39, 0.29) is 5.56 Å². The Bertz CT molecular complexity index is 673. The molecule has 4 nitrogen and oxygen atoms in total. The van der Waals surface area contributed by atoms with Crippen molar-refractivity contribution < 1.29 is 18.7 Å². The smallest absolute Gasteiger partial charge is 0.313 e. The summed E-state index contributed by atoms with van der Waals surface area (Å²) in [4.78, 5) is 22.9. The van der Waals surface area contributed by atoms with E-state index in [4.69, 9.17) is 0 Å². The maximum atomic E-state index is 13.9. The van der Waals surface area contributed by atoms with Crippen molar-refractivity contribution in [3.63, 3.8) is 0 Å². The van der Waals surface area contributed by atoms with Gasteiger partial charge in [-0.2, -0.15) is 0 Å². The van der Waals surface area contributed by atoms with Crippen molar-refractivity contribution >= 4 is 22.7 Å². The van der Waals surface area contributed by atoms with E-state index in [1.54, 1.807) is 0 Å². The van der Waals surface area contributed by atoms with Gasteiger partial charge < -0.3 is 9.30 Å². The molecule has 0 aliphatic rings. The van der Waals surface area contributed by atoms with Crippen LogP contribution in [0.2, 0.25) is 0 Å². The lowest BCUT2D eigenvalue weighted by Crippen LogP contribution is -2.11. The second-order valence-corrected chi connectivity index (χ2v) is 4.41. The largest absolute Gasteiger partial charge is 0.469 e. The number of carbonyl (C=O) groups is 2. The molecule has 1 aromatic carbocycles. The number of aromatic nitrogens is 1. The summed E-state index contributed by atoms with van der Waals surface area (Å²) >= 11 is 0. The van der Waals surface area contributed by atoms with Crippen LogP contribution in [0, 0.1) is 12.7 Å². The van der Waals surface area contributed by atoms with Crippen LogP contribution >= 0.6 is 0 Å². The molecule has 0 aliphatic heterocycles. The molecule has 19 heavy (non-hydrogen) atoms. The first-order valence-electron chi connectivity index (χ1n) is 5.79. The summed E-state index contributed by atoms with van der Waals surface area (Å²) in [5.41, 5.74) is 1.64. The Morgan fingerprint density at radius 3 is 2.63 bits per heavy atom. The summed E-state index contributed by atoms with van der Waals surface area (Å²) in [7, 11) is 3.03. The van der Waals surface area contributed by atoms with Gasteiger partial charge in [0, 0.05) is 23.6 Å². The van der Waals surface area contributed by atoms with Gasteiger partial charge in [-0.05, 0) is 25.1 Å². The Morgan fingerprint density at radius 2 is 2.00 bits per heavy atom. The number of hydrogen-bond acceptors (Lipinski definition) is 3. The molecule has 1 aromatic heterocycles. The molecule has 0 fully saturated rings. The van der Waals surface area contributed by atoms with Crippen LogP contribution in [0.25, 0.3) is 10.9 Å². The van der Waals surface area contributed by atoms with Gasteiger partial charge in [0.2, 0.25) is 0 Å². The number of benzene rings is 1. The zero-order chi connectivity index (χ0) is 14.2. The van der Waals surface area contributed by atoms with Crippen molar-refractivity contribution in [3.8, 4) is 0 Å². The number of fused-ring (bicyclic) bond motifs is 1. The third-order valence-electron chi connectivity index (χ3n) is 3.20. The molecule has 5 heteroatoms. The summed E-state index contributed by atoms with van der Waals surface area (Å²) in [6.45, 7) is 1.90. The van der Waals surface area contributed by atoms with Crippen molar-refractivity contribution in [2.24, 2.45) is 7.05 Å². The maximum Gasteiger partial charge on any atom is 0.313 e. The number of Topliss-reactive ketones (excluding diaryl/α,β-unsaturated/α-hetero) is 1. The molecule has 0 saturated carbocycles. The summed E-state index contributed by atoms with van der Waals surface area (Å²) in [5, 5.41) is 0.729. The number of esters is 1. The number of carbonyl (C=O) groups excluding carboxylic acids is 2. The Balaban J connectivity index is 2.48. The van der Waals surface area contributed by atoms with Crippen LogP contribution in [0.1, 0.15) is 22.5 Å². The first-order valence-corrected chi connectivity index (χ1v) is 5.79. The molecule has 0 atom stereocenters. The van der Waals surface area contributed by atoms with Gasteiger partial charge in [-0.1, -0.05) is 0 Å². The van der Waals surface area contributed by atoms with Crippen molar-refractivity contribution in [2.75, 3.05) is 7.11 Å². The first kappa shape index (κ1) is 13.3. The lowest BCUT2D eigenvalue weighted by Gasteiger charge is -2.04. The molecule has 0 N–H and O–H groups in total. The topological polar surface area (TPSA) is 48.3 Å². The van der Waals surface area contributed by atoms with Crippen molar-refractivity contribution in [2.45, 2.75) is 13.3 Å². The number of methoxy groups -OCH3 is 1. The molecular formula is C14H14FNO3. The number of halogens is 1. The normalized spacial score (nSPS) is 10.7. The average Bonchev–Trinajstić information content (AvgIpc) is 2.63. The Hall–Kier alpha value is -2.17. The molecule has 0 unspecified atom stereocenters. The number of hydrogen-bond donors (Lipinski definition) is 0. The van der Waals surface area contributed by atoms with Gasteiger partial charge in [0.1, 0.15) is 12.2 Å². The van der Waals surface area contributed by atoms with Crippen LogP contribution < -0.4 is 0 Å². The van der Waals surface area contributed by atoms with Crippen LogP contribution in [0.5, 0.6) is 0 Å². The van der Waals surface area contributed by atoms with Gasteiger partial charge >= 0.3 is 5.97 Å².